The van der Waals surface area contributed by atoms with E-state index in [-0.39, 0.29) is 31.3 Å². The van der Waals surface area contributed by atoms with Crippen LogP contribution in [0.1, 0.15) is 43.4 Å². The zero-order valence-electron chi connectivity index (χ0n) is 20.5. The third-order valence-electron chi connectivity index (χ3n) is 5.78. The zero-order chi connectivity index (χ0) is 25.5. The maximum Gasteiger partial charge on any atom is 0.242 e. The smallest absolute Gasteiger partial charge is 0.242 e. The summed E-state index contributed by atoms with van der Waals surface area (Å²) in [5.74, 6) is -0.419. The average Bonchev–Trinajstić information content (AvgIpc) is 2.77. The number of carbonyl (C=O) groups excluding carboxylic acids is 2. The van der Waals surface area contributed by atoms with E-state index < -0.39 is 16.1 Å². The quantitative estimate of drug-likeness (QED) is 0.454. The van der Waals surface area contributed by atoms with Crippen molar-refractivity contribution in [2.75, 3.05) is 23.7 Å². The first-order chi connectivity index (χ1) is 16.0. The highest BCUT2D eigenvalue weighted by Crippen LogP contribution is 2.25. The molecule has 0 fully saturated rings. The summed E-state index contributed by atoms with van der Waals surface area (Å²) in [6.07, 6.45) is 1.63. The number of amides is 2. The Morgan fingerprint density at radius 3 is 2.32 bits per heavy atom. The second kappa shape index (κ2) is 12.4. The van der Waals surface area contributed by atoms with Crippen molar-refractivity contribution in [3.05, 3.63) is 63.6 Å². The van der Waals surface area contributed by atoms with Crippen LogP contribution in [0.5, 0.6) is 0 Å². The van der Waals surface area contributed by atoms with Gasteiger partial charge in [0.15, 0.2) is 0 Å². The van der Waals surface area contributed by atoms with E-state index in [0.717, 1.165) is 21.2 Å². The summed E-state index contributed by atoms with van der Waals surface area (Å²) in [5, 5.41) is 2.77. The second-order valence-corrected chi connectivity index (χ2v) is 11.2. The molecule has 2 amide bonds. The maximum atomic E-state index is 13.2. The number of nitrogens with zero attached hydrogens (tertiary/aromatic N) is 2. The highest BCUT2D eigenvalue weighted by molar-refractivity contribution is 9.10. The average molecular weight is 553 g/mol. The van der Waals surface area contributed by atoms with Crippen molar-refractivity contribution in [1.29, 1.82) is 0 Å². The molecule has 34 heavy (non-hydrogen) atoms. The van der Waals surface area contributed by atoms with Gasteiger partial charge in [-0.25, -0.2) is 8.42 Å². The Labute approximate surface area is 211 Å². The number of likely N-dealkylation sites (N-methyl/N-ethyl adjacent to an activating group) is 1. The number of aryl methyl sites for hydroxylation is 1. The number of hydrogen-bond donors (Lipinski definition) is 1. The Balaban J connectivity index is 2.18. The van der Waals surface area contributed by atoms with Crippen molar-refractivity contribution in [2.45, 2.75) is 53.1 Å². The fourth-order valence-corrected chi connectivity index (χ4v) is 4.96. The van der Waals surface area contributed by atoms with Gasteiger partial charge in [0.05, 0.1) is 11.9 Å². The summed E-state index contributed by atoms with van der Waals surface area (Å²) < 4.78 is 27.3. The molecule has 0 bridgehead atoms. The molecule has 0 saturated heterocycles. The predicted molar refractivity (Wildman–Crippen MR) is 140 cm³/mol. The Morgan fingerprint density at radius 1 is 1.09 bits per heavy atom. The molecule has 0 saturated carbocycles. The minimum Gasteiger partial charge on any atom is -0.355 e. The molecule has 0 unspecified atom stereocenters. The zero-order valence-corrected chi connectivity index (χ0v) is 22.9. The van der Waals surface area contributed by atoms with Gasteiger partial charge in [0.25, 0.3) is 0 Å². The monoisotopic (exact) mass is 551 g/mol. The maximum absolute atomic E-state index is 13.2. The number of carbonyl (C=O) groups is 2. The molecule has 2 rings (SSSR count). The minimum absolute atomic E-state index is 0.122. The van der Waals surface area contributed by atoms with E-state index >= 15 is 0 Å². The lowest BCUT2D eigenvalue weighted by Gasteiger charge is -2.29. The molecule has 0 radical (unpaired) electrons. The van der Waals surface area contributed by atoms with Crippen LogP contribution in [0.4, 0.5) is 5.69 Å². The fourth-order valence-electron chi connectivity index (χ4n) is 3.68. The first-order valence-electron chi connectivity index (χ1n) is 11.3. The van der Waals surface area contributed by atoms with Crippen LogP contribution in [-0.4, -0.2) is 50.5 Å². The summed E-state index contributed by atoms with van der Waals surface area (Å²) in [4.78, 5) is 27.3. The van der Waals surface area contributed by atoms with E-state index in [1.807, 2.05) is 57.2 Å². The van der Waals surface area contributed by atoms with E-state index in [1.165, 1.54) is 10.6 Å². The summed E-state index contributed by atoms with van der Waals surface area (Å²) in [6, 6.07) is 12.5. The molecule has 2 aromatic rings. The van der Waals surface area contributed by atoms with Crippen LogP contribution in [0.3, 0.4) is 0 Å². The Hall–Kier alpha value is -2.39. The predicted octanol–water partition coefficient (Wildman–Crippen LogP) is 4.17. The van der Waals surface area contributed by atoms with Crippen LogP contribution < -0.4 is 9.62 Å². The lowest BCUT2D eigenvalue weighted by atomic mass is 10.1. The number of nitrogens with one attached hydrogen (secondary N) is 1. The van der Waals surface area contributed by atoms with Gasteiger partial charge >= 0.3 is 0 Å². The Morgan fingerprint density at radius 2 is 1.74 bits per heavy atom. The number of hydrogen-bond acceptors (Lipinski definition) is 4. The summed E-state index contributed by atoms with van der Waals surface area (Å²) in [6.45, 7) is 8.31. The van der Waals surface area contributed by atoms with Crippen molar-refractivity contribution < 1.29 is 18.0 Å². The summed E-state index contributed by atoms with van der Waals surface area (Å²) in [7, 11) is -3.53. The third kappa shape index (κ3) is 7.56. The van der Waals surface area contributed by atoms with Crippen LogP contribution >= 0.6 is 15.9 Å². The SMILES string of the molecule is CCNC(=O)[C@@H](C)N(Cc1ccc(Br)cc1)C(=O)CCCN(c1cccc(C)c1C)S(C)(=O)=O. The van der Waals surface area contributed by atoms with Gasteiger partial charge in [-0.2, -0.15) is 0 Å². The van der Waals surface area contributed by atoms with Gasteiger partial charge in [0.2, 0.25) is 21.8 Å². The summed E-state index contributed by atoms with van der Waals surface area (Å²) >= 11 is 3.41. The molecule has 1 atom stereocenters. The number of benzene rings is 2. The molecule has 0 spiro atoms. The van der Waals surface area contributed by atoms with Crippen molar-refractivity contribution in [2.24, 2.45) is 0 Å². The highest BCUT2D eigenvalue weighted by Gasteiger charge is 2.26. The van der Waals surface area contributed by atoms with E-state index in [0.29, 0.717) is 18.7 Å². The molecule has 0 aromatic heterocycles. The lowest BCUT2D eigenvalue weighted by molar-refractivity contribution is -0.140. The molecule has 2 aromatic carbocycles. The van der Waals surface area contributed by atoms with E-state index in [2.05, 4.69) is 21.2 Å². The number of sulfonamides is 1. The number of anilines is 1. The largest absolute Gasteiger partial charge is 0.355 e. The third-order valence-corrected chi connectivity index (χ3v) is 7.49. The first-order valence-corrected chi connectivity index (χ1v) is 13.9. The highest BCUT2D eigenvalue weighted by atomic mass is 79.9. The normalized spacial score (nSPS) is 12.2. The van der Waals surface area contributed by atoms with Crippen molar-refractivity contribution >= 4 is 43.5 Å². The Kier molecular flexibility index (Phi) is 10.1. The van der Waals surface area contributed by atoms with E-state index in [9.17, 15) is 18.0 Å². The molecular formula is C25H34BrN3O4S. The second-order valence-electron chi connectivity index (χ2n) is 8.38. The van der Waals surface area contributed by atoms with Crippen LogP contribution in [0.2, 0.25) is 0 Å². The van der Waals surface area contributed by atoms with E-state index in [1.54, 1.807) is 17.9 Å². The van der Waals surface area contributed by atoms with Gasteiger partial charge < -0.3 is 10.2 Å². The fraction of sp³-hybridized carbons (Fsp3) is 0.440. The van der Waals surface area contributed by atoms with E-state index in [4.69, 9.17) is 0 Å². The number of halogens is 1. The van der Waals surface area contributed by atoms with Gasteiger partial charge in [0.1, 0.15) is 6.04 Å². The van der Waals surface area contributed by atoms with Crippen LogP contribution in [0.15, 0.2) is 46.9 Å². The molecule has 186 valence electrons. The lowest BCUT2D eigenvalue weighted by Crippen LogP contribution is -2.47. The van der Waals surface area contributed by atoms with Gasteiger partial charge in [-0.3, -0.25) is 13.9 Å². The molecule has 0 aliphatic carbocycles. The van der Waals surface area contributed by atoms with Crippen LogP contribution in [0, 0.1) is 13.8 Å². The molecule has 7 nitrogen and oxygen atoms in total. The van der Waals surface area contributed by atoms with Gasteiger partial charge in [-0.05, 0) is 69.0 Å². The van der Waals surface area contributed by atoms with Crippen LogP contribution in [0.25, 0.3) is 0 Å². The van der Waals surface area contributed by atoms with Crippen molar-refractivity contribution in [3.63, 3.8) is 0 Å². The van der Waals surface area contributed by atoms with Gasteiger partial charge in [-0.1, -0.05) is 40.2 Å². The molecule has 1 N–H and O–H groups in total. The first kappa shape index (κ1) is 27.9. The molecule has 9 heteroatoms. The van der Waals surface area contributed by atoms with Crippen molar-refractivity contribution in [3.8, 4) is 0 Å². The molecule has 0 heterocycles. The number of rotatable bonds is 11. The topological polar surface area (TPSA) is 86.8 Å². The minimum atomic E-state index is -3.53. The Bertz CT molecular complexity index is 1100. The van der Waals surface area contributed by atoms with Crippen molar-refractivity contribution in [1.82, 2.24) is 10.2 Å². The molecular weight excluding hydrogens is 518 g/mol. The molecule has 0 aliphatic rings. The van der Waals surface area contributed by atoms with Gasteiger partial charge in [0, 0.05) is 30.5 Å². The van der Waals surface area contributed by atoms with Gasteiger partial charge in [-0.15, -0.1) is 0 Å². The molecule has 0 aliphatic heterocycles. The van der Waals surface area contributed by atoms with Crippen LogP contribution in [-0.2, 0) is 26.2 Å². The standard InChI is InChI=1S/C25H34BrN3O4S/c1-6-27-25(31)20(4)28(17-21-12-14-22(26)15-13-21)24(30)11-8-16-29(34(5,32)33)23-10-7-9-18(2)19(23)3/h7,9-10,12-15,20H,6,8,11,16-17H2,1-5H3,(H,27,31)/t20-/m1/s1. The summed E-state index contributed by atoms with van der Waals surface area (Å²) in [5.41, 5.74) is 3.41.